The highest BCUT2D eigenvalue weighted by molar-refractivity contribution is 5.82. The summed E-state index contributed by atoms with van der Waals surface area (Å²) in [5, 5.41) is 0. The van der Waals surface area contributed by atoms with Gasteiger partial charge in [0.05, 0.1) is 6.33 Å². The van der Waals surface area contributed by atoms with E-state index in [0.717, 1.165) is 36.5 Å². The molecular formula is C12H18N6. The molecule has 6 heteroatoms. The molecule has 3 rings (SSSR count). The highest BCUT2D eigenvalue weighted by Crippen LogP contribution is 2.26. The average molecular weight is 246 g/mol. The normalized spacial score (nSPS) is 22.3. The summed E-state index contributed by atoms with van der Waals surface area (Å²) in [6, 6.07) is 0.229. The zero-order chi connectivity index (χ0) is 12.5. The van der Waals surface area contributed by atoms with Crippen LogP contribution in [0.2, 0.25) is 0 Å². The zero-order valence-corrected chi connectivity index (χ0v) is 10.5. The predicted molar refractivity (Wildman–Crippen MR) is 70.3 cm³/mol. The maximum atomic E-state index is 6.02. The molecule has 6 nitrogen and oxygen atoms in total. The number of nitrogens with two attached hydrogens (primary N) is 1. The van der Waals surface area contributed by atoms with Crippen LogP contribution in [0.15, 0.2) is 12.7 Å². The smallest absolute Gasteiger partial charge is 0.182 e. The maximum Gasteiger partial charge on any atom is 0.182 e. The van der Waals surface area contributed by atoms with Gasteiger partial charge in [-0.05, 0) is 25.7 Å². The number of hydrogen-bond acceptors (Lipinski definition) is 5. The summed E-state index contributed by atoms with van der Waals surface area (Å²) in [6.07, 6.45) is 5.60. The van der Waals surface area contributed by atoms with Crippen LogP contribution >= 0.6 is 0 Å². The first-order valence-corrected chi connectivity index (χ1v) is 6.40. The molecule has 1 aliphatic rings. The minimum Gasteiger partial charge on any atom is -0.354 e. The largest absolute Gasteiger partial charge is 0.354 e. The summed E-state index contributed by atoms with van der Waals surface area (Å²) in [5.41, 5.74) is 7.66. The van der Waals surface area contributed by atoms with Crippen molar-refractivity contribution in [2.45, 2.75) is 25.8 Å². The van der Waals surface area contributed by atoms with Gasteiger partial charge < -0.3 is 15.6 Å². The second-order valence-electron chi connectivity index (χ2n) is 5.01. The van der Waals surface area contributed by atoms with Gasteiger partial charge in [0.1, 0.15) is 11.8 Å². The molecule has 0 radical (unpaired) electrons. The number of aromatic amines is 1. The zero-order valence-electron chi connectivity index (χ0n) is 10.5. The Balaban J connectivity index is 1.92. The molecule has 0 aliphatic carbocycles. The number of nitrogens with zero attached hydrogens (tertiary/aromatic N) is 4. The van der Waals surface area contributed by atoms with Crippen molar-refractivity contribution < 1.29 is 0 Å². The molecule has 1 saturated heterocycles. The fourth-order valence-corrected chi connectivity index (χ4v) is 2.62. The van der Waals surface area contributed by atoms with Crippen molar-refractivity contribution in [2.24, 2.45) is 11.7 Å². The van der Waals surface area contributed by atoms with Crippen LogP contribution in [-0.4, -0.2) is 39.1 Å². The van der Waals surface area contributed by atoms with Gasteiger partial charge in [-0.2, -0.15) is 0 Å². The molecule has 96 valence electrons. The van der Waals surface area contributed by atoms with E-state index >= 15 is 0 Å². The molecule has 3 N–H and O–H groups in total. The van der Waals surface area contributed by atoms with Gasteiger partial charge in [0.15, 0.2) is 11.5 Å². The van der Waals surface area contributed by atoms with E-state index in [0.29, 0.717) is 5.92 Å². The summed E-state index contributed by atoms with van der Waals surface area (Å²) in [5.74, 6) is 1.48. The molecule has 2 atom stereocenters. The van der Waals surface area contributed by atoms with E-state index in [-0.39, 0.29) is 6.04 Å². The Bertz CT molecular complexity index is 534. The molecule has 0 saturated carbocycles. The van der Waals surface area contributed by atoms with Gasteiger partial charge in [0, 0.05) is 19.1 Å². The molecule has 0 amide bonds. The van der Waals surface area contributed by atoms with Crippen LogP contribution in [0.4, 0.5) is 5.82 Å². The third-order valence-electron chi connectivity index (χ3n) is 3.70. The van der Waals surface area contributed by atoms with Crippen LogP contribution in [0, 0.1) is 5.92 Å². The number of piperidine rings is 1. The van der Waals surface area contributed by atoms with Crippen LogP contribution < -0.4 is 10.6 Å². The lowest BCUT2D eigenvalue weighted by Crippen LogP contribution is -2.42. The molecule has 2 aromatic rings. The van der Waals surface area contributed by atoms with E-state index < -0.39 is 0 Å². The number of anilines is 1. The van der Waals surface area contributed by atoms with Crippen LogP contribution in [0.1, 0.15) is 19.8 Å². The fourth-order valence-electron chi connectivity index (χ4n) is 2.62. The number of nitrogens with one attached hydrogen (secondary N) is 1. The average Bonchev–Trinajstić information content (AvgIpc) is 2.87. The topological polar surface area (TPSA) is 83.7 Å². The lowest BCUT2D eigenvalue weighted by atomic mass is 9.92. The van der Waals surface area contributed by atoms with Gasteiger partial charge in [0.2, 0.25) is 0 Å². The van der Waals surface area contributed by atoms with Crippen molar-refractivity contribution in [1.29, 1.82) is 0 Å². The van der Waals surface area contributed by atoms with Gasteiger partial charge in [0.25, 0.3) is 0 Å². The van der Waals surface area contributed by atoms with Crippen LogP contribution in [0.5, 0.6) is 0 Å². The third kappa shape index (κ3) is 1.92. The lowest BCUT2D eigenvalue weighted by Gasteiger charge is -2.35. The van der Waals surface area contributed by atoms with Gasteiger partial charge in [-0.15, -0.1) is 0 Å². The Morgan fingerprint density at radius 3 is 3.17 bits per heavy atom. The van der Waals surface area contributed by atoms with E-state index in [9.17, 15) is 0 Å². The first-order valence-electron chi connectivity index (χ1n) is 6.40. The van der Waals surface area contributed by atoms with Crippen molar-refractivity contribution in [1.82, 2.24) is 19.9 Å². The Hall–Kier alpha value is -1.69. The second kappa shape index (κ2) is 4.53. The molecule has 2 aromatic heterocycles. The summed E-state index contributed by atoms with van der Waals surface area (Å²) in [6.45, 7) is 4.07. The SMILES string of the molecule is CC(N)C1CCCN(c2ncnc3nc[nH]c23)C1. The Morgan fingerprint density at radius 1 is 1.44 bits per heavy atom. The first-order chi connectivity index (χ1) is 8.75. The molecule has 3 heterocycles. The Kier molecular flexibility index (Phi) is 2.87. The number of rotatable bonds is 2. The molecule has 1 aliphatic heterocycles. The van der Waals surface area contributed by atoms with Crippen LogP contribution in [0.3, 0.4) is 0 Å². The third-order valence-corrected chi connectivity index (χ3v) is 3.70. The quantitative estimate of drug-likeness (QED) is 0.823. The second-order valence-corrected chi connectivity index (χ2v) is 5.01. The number of imidazole rings is 1. The van der Waals surface area contributed by atoms with Crippen molar-refractivity contribution in [2.75, 3.05) is 18.0 Å². The minimum atomic E-state index is 0.229. The summed E-state index contributed by atoms with van der Waals surface area (Å²) >= 11 is 0. The number of hydrogen-bond donors (Lipinski definition) is 2. The maximum absolute atomic E-state index is 6.02. The lowest BCUT2D eigenvalue weighted by molar-refractivity contribution is 0.363. The monoisotopic (exact) mass is 246 g/mol. The van der Waals surface area contributed by atoms with Gasteiger partial charge >= 0.3 is 0 Å². The Labute approximate surface area is 106 Å². The van der Waals surface area contributed by atoms with Crippen LogP contribution in [0.25, 0.3) is 11.2 Å². The van der Waals surface area contributed by atoms with E-state index in [4.69, 9.17) is 5.73 Å². The number of H-pyrrole nitrogens is 1. The summed E-state index contributed by atoms with van der Waals surface area (Å²) in [4.78, 5) is 18.1. The van der Waals surface area contributed by atoms with Crippen molar-refractivity contribution >= 4 is 17.0 Å². The van der Waals surface area contributed by atoms with Gasteiger partial charge in [-0.25, -0.2) is 15.0 Å². The molecule has 0 spiro atoms. The van der Waals surface area contributed by atoms with E-state index in [1.807, 2.05) is 0 Å². The van der Waals surface area contributed by atoms with E-state index in [1.165, 1.54) is 6.42 Å². The summed E-state index contributed by atoms with van der Waals surface area (Å²) < 4.78 is 0. The summed E-state index contributed by atoms with van der Waals surface area (Å²) in [7, 11) is 0. The minimum absolute atomic E-state index is 0.229. The van der Waals surface area contributed by atoms with Crippen molar-refractivity contribution in [3.8, 4) is 0 Å². The standard InChI is InChI=1S/C12H18N6/c1-8(13)9-3-2-4-18(5-9)12-10-11(15-6-14-10)16-7-17-12/h6-9H,2-5,13H2,1H3,(H,14,15,16,17). The van der Waals surface area contributed by atoms with Crippen molar-refractivity contribution in [3.63, 3.8) is 0 Å². The van der Waals surface area contributed by atoms with Crippen molar-refractivity contribution in [3.05, 3.63) is 12.7 Å². The molecule has 0 bridgehead atoms. The van der Waals surface area contributed by atoms with Gasteiger partial charge in [-0.1, -0.05) is 0 Å². The Morgan fingerprint density at radius 2 is 2.33 bits per heavy atom. The molecule has 1 fully saturated rings. The number of aromatic nitrogens is 4. The predicted octanol–water partition coefficient (Wildman–Crippen LogP) is 0.916. The molecular weight excluding hydrogens is 228 g/mol. The molecule has 18 heavy (non-hydrogen) atoms. The first kappa shape index (κ1) is 11.4. The van der Waals surface area contributed by atoms with E-state index in [2.05, 4.69) is 31.8 Å². The molecule has 0 aromatic carbocycles. The number of fused-ring (bicyclic) bond motifs is 1. The fraction of sp³-hybridized carbons (Fsp3) is 0.583. The van der Waals surface area contributed by atoms with Crippen LogP contribution in [-0.2, 0) is 0 Å². The highest BCUT2D eigenvalue weighted by Gasteiger charge is 2.25. The van der Waals surface area contributed by atoms with E-state index in [1.54, 1.807) is 12.7 Å². The highest BCUT2D eigenvalue weighted by atomic mass is 15.2. The van der Waals surface area contributed by atoms with Gasteiger partial charge in [-0.3, -0.25) is 0 Å². The molecule has 2 unspecified atom stereocenters.